The zero-order valence-electron chi connectivity index (χ0n) is 6.94. The summed E-state index contributed by atoms with van der Waals surface area (Å²) in [5.41, 5.74) is 4.65. The lowest BCUT2D eigenvalue weighted by Crippen LogP contribution is -2.16. The molecule has 0 spiro atoms. The topological polar surface area (TPSA) is 26.0 Å². The van der Waals surface area contributed by atoms with Crippen molar-refractivity contribution in [3.63, 3.8) is 0 Å². The molecular formula is C8H8Cl2F3N. The summed E-state index contributed by atoms with van der Waals surface area (Å²) in [6, 6.07) is 0.704. The molecular weight excluding hydrogens is 238 g/mol. The van der Waals surface area contributed by atoms with Crippen LogP contribution in [0.5, 0.6) is 0 Å². The lowest BCUT2D eigenvalue weighted by atomic mass is 10.1. The Labute approximate surface area is 90.5 Å². The number of benzene rings is 1. The summed E-state index contributed by atoms with van der Waals surface area (Å²) in [5, 5.41) is -0.264. The largest absolute Gasteiger partial charge is 0.322 e. The summed E-state index contributed by atoms with van der Waals surface area (Å²) in [6.07, 6.45) is 0. The average Bonchev–Trinajstić information content (AvgIpc) is 2.12. The highest BCUT2D eigenvalue weighted by Crippen LogP contribution is 2.25. The van der Waals surface area contributed by atoms with Crippen molar-refractivity contribution in [1.29, 1.82) is 0 Å². The molecule has 2 N–H and O–H groups in total. The van der Waals surface area contributed by atoms with Crippen LogP contribution in [0, 0.1) is 11.6 Å². The molecule has 0 aliphatic rings. The maximum atomic E-state index is 13.1. The first-order valence-corrected chi connectivity index (χ1v) is 3.90. The molecule has 0 amide bonds. The number of halogens is 5. The number of hydrogen-bond donors (Lipinski definition) is 1. The van der Waals surface area contributed by atoms with E-state index in [-0.39, 0.29) is 17.4 Å². The van der Waals surface area contributed by atoms with E-state index in [0.717, 1.165) is 12.1 Å². The van der Waals surface area contributed by atoms with Gasteiger partial charge in [-0.15, -0.1) is 12.4 Å². The molecule has 0 aliphatic heterocycles. The molecule has 0 aliphatic carbocycles. The Balaban J connectivity index is 0.00000169. The maximum absolute atomic E-state index is 13.1. The van der Waals surface area contributed by atoms with Crippen LogP contribution in [0.15, 0.2) is 12.1 Å². The summed E-state index contributed by atoms with van der Waals surface area (Å²) >= 11 is 5.37. The van der Waals surface area contributed by atoms with Gasteiger partial charge in [-0.1, -0.05) is 11.6 Å². The van der Waals surface area contributed by atoms with Gasteiger partial charge in [0.1, 0.15) is 18.3 Å². The molecule has 0 radical (unpaired) electrons. The molecule has 0 unspecified atom stereocenters. The van der Waals surface area contributed by atoms with E-state index in [1.165, 1.54) is 0 Å². The highest BCUT2D eigenvalue weighted by Gasteiger charge is 2.18. The van der Waals surface area contributed by atoms with Crippen molar-refractivity contribution < 1.29 is 13.2 Å². The van der Waals surface area contributed by atoms with Crippen LogP contribution in [0.2, 0.25) is 5.02 Å². The molecule has 6 heteroatoms. The second kappa shape index (κ2) is 5.44. The lowest BCUT2D eigenvalue weighted by molar-refractivity contribution is 0.413. The standard InChI is InChI=1S/C8H7ClF3N.ClH/c9-4-1-2-5(11)7(8(4)12)6(13)3-10;/h1-2,6H,3,13H2;1H/t6-;/m0./s1. The average molecular weight is 246 g/mol. The first kappa shape index (κ1) is 13.5. The van der Waals surface area contributed by atoms with Crippen molar-refractivity contribution in [2.24, 2.45) is 5.73 Å². The van der Waals surface area contributed by atoms with Gasteiger partial charge in [0.15, 0.2) is 0 Å². The van der Waals surface area contributed by atoms with Crippen molar-refractivity contribution in [2.75, 3.05) is 6.67 Å². The summed E-state index contributed by atoms with van der Waals surface area (Å²) in [5.74, 6) is -1.88. The number of nitrogens with two attached hydrogens (primary N) is 1. The summed E-state index contributed by atoms with van der Waals surface area (Å²) in [6.45, 7) is -1.03. The second-order valence-electron chi connectivity index (χ2n) is 2.52. The van der Waals surface area contributed by atoms with Gasteiger partial charge < -0.3 is 5.73 Å². The van der Waals surface area contributed by atoms with E-state index in [1.807, 2.05) is 0 Å². The molecule has 0 bridgehead atoms. The molecule has 0 saturated carbocycles. The third kappa shape index (κ3) is 2.53. The minimum Gasteiger partial charge on any atom is -0.322 e. The molecule has 1 atom stereocenters. The van der Waals surface area contributed by atoms with Gasteiger partial charge in [0.25, 0.3) is 0 Å². The lowest BCUT2D eigenvalue weighted by Gasteiger charge is -2.10. The molecule has 1 aromatic rings. The highest BCUT2D eigenvalue weighted by atomic mass is 35.5. The van der Waals surface area contributed by atoms with E-state index in [2.05, 4.69) is 0 Å². The van der Waals surface area contributed by atoms with Gasteiger partial charge in [0.2, 0.25) is 0 Å². The summed E-state index contributed by atoms with van der Waals surface area (Å²) in [7, 11) is 0. The Morgan fingerprint density at radius 2 is 1.93 bits per heavy atom. The van der Waals surface area contributed by atoms with E-state index >= 15 is 0 Å². The van der Waals surface area contributed by atoms with Gasteiger partial charge in [0, 0.05) is 5.56 Å². The summed E-state index contributed by atoms with van der Waals surface area (Å²) in [4.78, 5) is 0. The Hall–Kier alpha value is -0.450. The quantitative estimate of drug-likeness (QED) is 0.797. The summed E-state index contributed by atoms with van der Waals surface area (Å²) < 4.78 is 38.1. The number of alkyl halides is 1. The molecule has 0 aromatic heterocycles. The van der Waals surface area contributed by atoms with Gasteiger partial charge in [0.05, 0.1) is 11.1 Å². The highest BCUT2D eigenvalue weighted by molar-refractivity contribution is 6.30. The molecule has 0 heterocycles. The Morgan fingerprint density at radius 1 is 1.36 bits per heavy atom. The van der Waals surface area contributed by atoms with Crippen LogP contribution in [0.3, 0.4) is 0 Å². The van der Waals surface area contributed by atoms with Crippen LogP contribution in [0.4, 0.5) is 13.2 Å². The zero-order valence-corrected chi connectivity index (χ0v) is 8.51. The third-order valence-electron chi connectivity index (χ3n) is 1.62. The molecule has 80 valence electrons. The normalized spacial score (nSPS) is 12.1. The van der Waals surface area contributed by atoms with Crippen molar-refractivity contribution in [1.82, 2.24) is 0 Å². The zero-order chi connectivity index (χ0) is 10.0. The number of rotatable bonds is 2. The van der Waals surface area contributed by atoms with Crippen LogP contribution in [-0.2, 0) is 0 Å². The van der Waals surface area contributed by atoms with Crippen molar-refractivity contribution in [2.45, 2.75) is 6.04 Å². The number of hydrogen-bond acceptors (Lipinski definition) is 1. The van der Waals surface area contributed by atoms with E-state index in [1.54, 1.807) is 0 Å². The van der Waals surface area contributed by atoms with Crippen molar-refractivity contribution >= 4 is 24.0 Å². The Kier molecular flexibility index (Phi) is 5.26. The van der Waals surface area contributed by atoms with E-state index in [0.29, 0.717) is 0 Å². The molecule has 1 aromatic carbocycles. The van der Waals surface area contributed by atoms with Crippen LogP contribution < -0.4 is 5.73 Å². The molecule has 0 fully saturated rings. The van der Waals surface area contributed by atoms with Crippen LogP contribution in [-0.4, -0.2) is 6.67 Å². The molecule has 1 nitrogen and oxygen atoms in total. The van der Waals surface area contributed by atoms with Crippen LogP contribution in [0.1, 0.15) is 11.6 Å². The maximum Gasteiger partial charge on any atom is 0.149 e. The minimum absolute atomic E-state index is 0. The Bertz CT molecular complexity index is 320. The minimum atomic E-state index is -1.31. The monoisotopic (exact) mass is 245 g/mol. The van der Waals surface area contributed by atoms with Gasteiger partial charge in [-0.2, -0.15) is 0 Å². The third-order valence-corrected chi connectivity index (χ3v) is 1.91. The smallest absolute Gasteiger partial charge is 0.149 e. The van der Waals surface area contributed by atoms with E-state index < -0.39 is 29.9 Å². The molecule has 14 heavy (non-hydrogen) atoms. The first-order valence-electron chi connectivity index (χ1n) is 3.53. The fraction of sp³-hybridized carbons (Fsp3) is 0.250. The predicted octanol–water partition coefficient (Wildman–Crippen LogP) is 3.01. The van der Waals surface area contributed by atoms with Gasteiger partial charge >= 0.3 is 0 Å². The van der Waals surface area contributed by atoms with E-state index in [9.17, 15) is 13.2 Å². The first-order chi connectivity index (χ1) is 6.07. The SMILES string of the molecule is Cl.N[C@@H](CF)c1c(F)ccc(Cl)c1F. The van der Waals surface area contributed by atoms with Gasteiger partial charge in [-0.3, -0.25) is 0 Å². The van der Waals surface area contributed by atoms with Crippen molar-refractivity contribution in [3.05, 3.63) is 34.4 Å². The van der Waals surface area contributed by atoms with Crippen LogP contribution in [0.25, 0.3) is 0 Å². The fourth-order valence-electron chi connectivity index (χ4n) is 0.960. The van der Waals surface area contributed by atoms with Crippen molar-refractivity contribution in [3.8, 4) is 0 Å². The Morgan fingerprint density at radius 3 is 2.43 bits per heavy atom. The van der Waals surface area contributed by atoms with Gasteiger partial charge in [-0.25, -0.2) is 13.2 Å². The van der Waals surface area contributed by atoms with Gasteiger partial charge in [-0.05, 0) is 12.1 Å². The van der Waals surface area contributed by atoms with E-state index in [4.69, 9.17) is 17.3 Å². The molecule has 1 rings (SSSR count). The predicted molar refractivity (Wildman–Crippen MR) is 51.5 cm³/mol. The fourth-order valence-corrected chi connectivity index (χ4v) is 1.12. The molecule has 0 saturated heterocycles. The van der Waals surface area contributed by atoms with Crippen LogP contribution >= 0.6 is 24.0 Å². The second-order valence-corrected chi connectivity index (χ2v) is 2.92.